The van der Waals surface area contributed by atoms with Gasteiger partial charge >= 0.3 is 5.97 Å². The SMILES string of the molecule is O=C(O)C1CCC(CN=Cc2cc(O)c(O)c(O)c2)CC1. The Bertz CT molecular complexity index is 524. The van der Waals surface area contributed by atoms with E-state index in [-0.39, 0.29) is 5.92 Å². The average molecular weight is 293 g/mol. The number of aliphatic imine (C=N–C) groups is 1. The molecule has 0 spiro atoms. The summed E-state index contributed by atoms with van der Waals surface area (Å²) in [4.78, 5) is 15.1. The van der Waals surface area contributed by atoms with E-state index in [1.165, 1.54) is 18.3 Å². The standard InChI is InChI=1S/C15H19NO5/c17-12-5-10(6-13(18)14(12)19)8-16-7-9-1-3-11(4-2-9)15(20)21/h5-6,8-9,11,17-19H,1-4,7H2,(H,20,21). The molecule has 4 N–H and O–H groups in total. The van der Waals surface area contributed by atoms with E-state index in [1.807, 2.05) is 0 Å². The summed E-state index contributed by atoms with van der Waals surface area (Å²) in [7, 11) is 0. The summed E-state index contributed by atoms with van der Waals surface area (Å²) < 4.78 is 0. The molecule has 2 rings (SSSR count). The maximum absolute atomic E-state index is 10.9. The smallest absolute Gasteiger partial charge is 0.306 e. The topological polar surface area (TPSA) is 110 Å². The number of carboxylic acids is 1. The highest BCUT2D eigenvalue weighted by Gasteiger charge is 2.25. The third kappa shape index (κ3) is 3.87. The van der Waals surface area contributed by atoms with Crippen molar-refractivity contribution in [3.8, 4) is 17.2 Å². The molecular weight excluding hydrogens is 274 g/mol. The maximum Gasteiger partial charge on any atom is 0.306 e. The van der Waals surface area contributed by atoms with E-state index >= 15 is 0 Å². The second kappa shape index (κ2) is 6.47. The summed E-state index contributed by atoms with van der Waals surface area (Å²) >= 11 is 0. The molecule has 1 aromatic rings. The van der Waals surface area contributed by atoms with Gasteiger partial charge in [-0.2, -0.15) is 0 Å². The molecule has 0 atom stereocenters. The van der Waals surface area contributed by atoms with Crippen molar-refractivity contribution in [3.63, 3.8) is 0 Å². The predicted molar refractivity (Wildman–Crippen MR) is 77.0 cm³/mol. The number of aliphatic carboxylic acids is 1. The van der Waals surface area contributed by atoms with Gasteiger partial charge in [-0.05, 0) is 49.3 Å². The maximum atomic E-state index is 10.9. The monoisotopic (exact) mass is 293 g/mol. The first kappa shape index (κ1) is 15.2. The molecule has 0 bridgehead atoms. The van der Waals surface area contributed by atoms with Crippen molar-refractivity contribution >= 4 is 12.2 Å². The first-order valence-corrected chi connectivity index (χ1v) is 6.95. The quantitative estimate of drug-likeness (QED) is 0.502. The fourth-order valence-corrected chi connectivity index (χ4v) is 2.60. The molecule has 0 unspecified atom stereocenters. The van der Waals surface area contributed by atoms with Crippen LogP contribution in [0.1, 0.15) is 31.2 Å². The largest absolute Gasteiger partial charge is 0.504 e. The molecule has 21 heavy (non-hydrogen) atoms. The van der Waals surface area contributed by atoms with E-state index < -0.39 is 23.2 Å². The lowest BCUT2D eigenvalue weighted by atomic mass is 9.82. The van der Waals surface area contributed by atoms with Crippen molar-refractivity contribution in [1.29, 1.82) is 0 Å². The van der Waals surface area contributed by atoms with E-state index in [1.54, 1.807) is 0 Å². The van der Waals surface area contributed by atoms with Gasteiger partial charge in [0, 0.05) is 12.8 Å². The molecule has 6 heteroatoms. The van der Waals surface area contributed by atoms with Crippen LogP contribution >= 0.6 is 0 Å². The Kier molecular flexibility index (Phi) is 4.67. The Morgan fingerprint density at radius 1 is 1.14 bits per heavy atom. The van der Waals surface area contributed by atoms with Gasteiger partial charge in [0.25, 0.3) is 0 Å². The minimum absolute atomic E-state index is 0.226. The lowest BCUT2D eigenvalue weighted by molar-refractivity contribution is -0.143. The average Bonchev–Trinajstić information content (AvgIpc) is 2.45. The lowest BCUT2D eigenvalue weighted by Crippen LogP contribution is -2.22. The highest BCUT2D eigenvalue weighted by molar-refractivity contribution is 5.82. The molecule has 114 valence electrons. The molecule has 0 aromatic heterocycles. The Morgan fingerprint density at radius 3 is 2.24 bits per heavy atom. The Morgan fingerprint density at radius 2 is 1.71 bits per heavy atom. The van der Waals surface area contributed by atoms with Crippen LogP contribution in [0.4, 0.5) is 0 Å². The predicted octanol–water partition coefficient (Wildman–Crippen LogP) is 2.11. The molecular formula is C15H19NO5. The summed E-state index contributed by atoms with van der Waals surface area (Å²) in [5.41, 5.74) is 0.502. The van der Waals surface area contributed by atoms with Gasteiger partial charge in [-0.15, -0.1) is 0 Å². The number of carboxylic acid groups (broad SMARTS) is 1. The number of hydrogen-bond acceptors (Lipinski definition) is 5. The Labute approximate surface area is 122 Å². The molecule has 1 aliphatic carbocycles. The molecule has 6 nitrogen and oxygen atoms in total. The van der Waals surface area contributed by atoms with Crippen LogP contribution in [0.3, 0.4) is 0 Å². The van der Waals surface area contributed by atoms with Gasteiger partial charge in [-0.3, -0.25) is 9.79 Å². The normalized spacial score (nSPS) is 22.5. The van der Waals surface area contributed by atoms with Gasteiger partial charge < -0.3 is 20.4 Å². The highest BCUT2D eigenvalue weighted by atomic mass is 16.4. The summed E-state index contributed by atoms with van der Waals surface area (Å²) in [6, 6.07) is 2.64. The van der Waals surface area contributed by atoms with Crippen molar-refractivity contribution in [1.82, 2.24) is 0 Å². The van der Waals surface area contributed by atoms with Gasteiger partial charge in [0.15, 0.2) is 17.2 Å². The minimum atomic E-state index is -0.716. The zero-order valence-electron chi connectivity index (χ0n) is 11.6. The number of phenols is 3. The summed E-state index contributed by atoms with van der Waals surface area (Å²) in [6.07, 6.45) is 4.61. The van der Waals surface area contributed by atoms with Crippen LogP contribution in [0, 0.1) is 11.8 Å². The van der Waals surface area contributed by atoms with Crippen molar-refractivity contribution in [2.75, 3.05) is 6.54 Å². The van der Waals surface area contributed by atoms with Gasteiger partial charge in [-0.1, -0.05) is 0 Å². The number of carbonyl (C=O) groups is 1. The number of benzene rings is 1. The second-order valence-corrected chi connectivity index (χ2v) is 5.46. The van der Waals surface area contributed by atoms with Gasteiger partial charge in [-0.25, -0.2) is 0 Å². The van der Waals surface area contributed by atoms with Gasteiger partial charge in [0.2, 0.25) is 0 Å². The molecule has 1 fully saturated rings. The number of phenolic OH excluding ortho intramolecular Hbond substituents is 3. The fraction of sp³-hybridized carbons (Fsp3) is 0.467. The first-order valence-electron chi connectivity index (χ1n) is 6.95. The zero-order chi connectivity index (χ0) is 15.4. The molecule has 1 aromatic carbocycles. The third-order valence-electron chi connectivity index (χ3n) is 3.89. The van der Waals surface area contributed by atoms with E-state index in [2.05, 4.69) is 4.99 Å². The Balaban J connectivity index is 1.88. The molecule has 0 heterocycles. The highest BCUT2D eigenvalue weighted by Crippen LogP contribution is 2.35. The number of aromatic hydroxyl groups is 3. The molecule has 1 aliphatic rings. The van der Waals surface area contributed by atoms with E-state index in [4.69, 9.17) is 5.11 Å². The number of rotatable bonds is 4. The van der Waals surface area contributed by atoms with Crippen molar-refractivity contribution < 1.29 is 25.2 Å². The Hall–Kier alpha value is -2.24. The first-order chi connectivity index (χ1) is 9.97. The van der Waals surface area contributed by atoms with Gasteiger partial charge in [0.1, 0.15) is 0 Å². The molecule has 0 amide bonds. The van der Waals surface area contributed by atoms with Gasteiger partial charge in [0.05, 0.1) is 5.92 Å². The van der Waals surface area contributed by atoms with Crippen LogP contribution in [-0.2, 0) is 4.79 Å². The van der Waals surface area contributed by atoms with E-state index in [9.17, 15) is 20.1 Å². The summed E-state index contributed by atoms with van der Waals surface area (Å²) in [6.45, 7) is 0.592. The fourth-order valence-electron chi connectivity index (χ4n) is 2.60. The van der Waals surface area contributed by atoms with E-state index in [0.717, 1.165) is 12.8 Å². The van der Waals surface area contributed by atoms with Crippen LogP contribution in [0.2, 0.25) is 0 Å². The molecule has 0 saturated heterocycles. The van der Waals surface area contributed by atoms with Crippen LogP contribution in [-0.4, -0.2) is 39.2 Å². The van der Waals surface area contributed by atoms with Crippen LogP contribution in [0.5, 0.6) is 17.2 Å². The van der Waals surface area contributed by atoms with Crippen LogP contribution < -0.4 is 0 Å². The zero-order valence-corrected chi connectivity index (χ0v) is 11.6. The molecule has 0 radical (unpaired) electrons. The molecule has 0 aliphatic heterocycles. The summed E-state index contributed by atoms with van der Waals surface area (Å²) in [5, 5.41) is 36.9. The van der Waals surface area contributed by atoms with Crippen molar-refractivity contribution in [2.45, 2.75) is 25.7 Å². The lowest BCUT2D eigenvalue weighted by Gasteiger charge is -2.24. The second-order valence-electron chi connectivity index (χ2n) is 5.46. The van der Waals surface area contributed by atoms with Crippen molar-refractivity contribution in [2.24, 2.45) is 16.8 Å². The van der Waals surface area contributed by atoms with Crippen LogP contribution in [0.15, 0.2) is 17.1 Å². The number of hydrogen-bond donors (Lipinski definition) is 4. The van der Waals surface area contributed by atoms with Crippen LogP contribution in [0.25, 0.3) is 0 Å². The third-order valence-corrected chi connectivity index (χ3v) is 3.89. The van der Waals surface area contributed by atoms with E-state index in [0.29, 0.717) is 30.9 Å². The number of nitrogens with zero attached hydrogens (tertiary/aromatic N) is 1. The summed E-state index contributed by atoms with van der Waals surface area (Å²) in [5.74, 6) is -1.89. The molecule has 1 saturated carbocycles. The minimum Gasteiger partial charge on any atom is -0.504 e. The van der Waals surface area contributed by atoms with Crippen molar-refractivity contribution in [3.05, 3.63) is 17.7 Å².